The average Bonchev–Trinajstić information content (AvgIpc) is 3.40. The highest BCUT2D eigenvalue weighted by Crippen LogP contribution is 2.34. The SMILES string of the molecule is C[C@@H]1CN(c2nccc3oc(-c4cnc5ccc(OC6CC(NC(=O)O)C6)nn45)cc23)C[C@H](C)O1. The summed E-state index contributed by atoms with van der Waals surface area (Å²) in [4.78, 5) is 22.1. The molecule has 2 aliphatic rings. The molecule has 0 radical (unpaired) electrons. The lowest BCUT2D eigenvalue weighted by atomic mass is 9.89. The van der Waals surface area contributed by atoms with Crippen LogP contribution in [0.2, 0.25) is 0 Å². The molecule has 2 fully saturated rings. The lowest BCUT2D eigenvalue weighted by Crippen LogP contribution is -2.48. The van der Waals surface area contributed by atoms with Gasteiger partial charge in [0.05, 0.1) is 23.8 Å². The summed E-state index contributed by atoms with van der Waals surface area (Å²) in [6, 6.07) is 7.37. The number of amides is 1. The molecule has 182 valence electrons. The predicted molar refractivity (Wildman–Crippen MR) is 127 cm³/mol. The van der Waals surface area contributed by atoms with E-state index in [4.69, 9.17) is 19.0 Å². The molecule has 1 saturated heterocycles. The van der Waals surface area contributed by atoms with Crippen LogP contribution in [0.25, 0.3) is 28.1 Å². The zero-order chi connectivity index (χ0) is 24.1. The van der Waals surface area contributed by atoms with Gasteiger partial charge < -0.3 is 29.2 Å². The van der Waals surface area contributed by atoms with Gasteiger partial charge in [-0.2, -0.15) is 0 Å². The number of anilines is 1. The van der Waals surface area contributed by atoms with Crippen LogP contribution in [0.5, 0.6) is 5.88 Å². The van der Waals surface area contributed by atoms with E-state index in [2.05, 4.69) is 39.1 Å². The number of morpholine rings is 1. The summed E-state index contributed by atoms with van der Waals surface area (Å²) >= 11 is 0. The van der Waals surface area contributed by atoms with Crippen molar-refractivity contribution in [3.8, 4) is 17.3 Å². The monoisotopic (exact) mass is 478 g/mol. The Labute approximate surface area is 200 Å². The second-order valence-electron chi connectivity index (χ2n) is 9.26. The Morgan fingerprint density at radius 2 is 1.97 bits per heavy atom. The van der Waals surface area contributed by atoms with Crippen LogP contribution < -0.4 is 15.0 Å². The summed E-state index contributed by atoms with van der Waals surface area (Å²) < 4.78 is 19.7. The van der Waals surface area contributed by atoms with Crippen molar-refractivity contribution in [1.29, 1.82) is 0 Å². The highest BCUT2D eigenvalue weighted by atomic mass is 16.5. The number of carboxylic acid groups (broad SMARTS) is 1. The van der Waals surface area contributed by atoms with E-state index in [1.807, 2.05) is 18.2 Å². The van der Waals surface area contributed by atoms with E-state index in [1.165, 1.54) is 0 Å². The Morgan fingerprint density at radius 1 is 1.17 bits per heavy atom. The Hall–Kier alpha value is -3.86. The number of imidazole rings is 1. The fourth-order valence-corrected chi connectivity index (χ4v) is 4.89. The van der Waals surface area contributed by atoms with Crippen LogP contribution in [0.15, 0.2) is 41.1 Å². The van der Waals surface area contributed by atoms with E-state index >= 15 is 0 Å². The van der Waals surface area contributed by atoms with E-state index in [1.54, 1.807) is 23.0 Å². The molecule has 1 aliphatic heterocycles. The van der Waals surface area contributed by atoms with Gasteiger partial charge in [-0.3, -0.25) is 0 Å². The first kappa shape index (κ1) is 21.7. The molecule has 0 spiro atoms. The maximum absolute atomic E-state index is 10.8. The van der Waals surface area contributed by atoms with Gasteiger partial charge in [0.1, 0.15) is 23.2 Å². The number of furan rings is 1. The third-order valence-electron chi connectivity index (χ3n) is 6.44. The molecule has 2 atom stereocenters. The molecule has 2 N–H and O–H groups in total. The number of hydrogen-bond donors (Lipinski definition) is 2. The normalized spacial score (nSPS) is 24.5. The molecule has 35 heavy (non-hydrogen) atoms. The largest absolute Gasteiger partial charge is 0.473 e. The second kappa shape index (κ2) is 8.42. The van der Waals surface area contributed by atoms with Crippen LogP contribution in [-0.2, 0) is 4.74 Å². The molecule has 4 aromatic rings. The number of carbonyl (C=O) groups is 1. The van der Waals surface area contributed by atoms with E-state index in [0.717, 1.165) is 29.9 Å². The van der Waals surface area contributed by atoms with E-state index in [9.17, 15) is 4.79 Å². The molecule has 1 amide bonds. The van der Waals surface area contributed by atoms with Crippen LogP contribution in [0.4, 0.5) is 10.6 Å². The minimum absolute atomic E-state index is 0.0816. The minimum atomic E-state index is -1.02. The number of hydrogen-bond acceptors (Lipinski definition) is 8. The molecule has 1 aliphatic carbocycles. The summed E-state index contributed by atoms with van der Waals surface area (Å²) in [7, 11) is 0. The van der Waals surface area contributed by atoms with Gasteiger partial charge in [-0.25, -0.2) is 19.3 Å². The highest BCUT2D eigenvalue weighted by molar-refractivity contribution is 5.92. The van der Waals surface area contributed by atoms with E-state index in [0.29, 0.717) is 35.8 Å². The first-order valence-corrected chi connectivity index (χ1v) is 11.7. The van der Waals surface area contributed by atoms with Gasteiger partial charge in [0.15, 0.2) is 11.4 Å². The quantitative estimate of drug-likeness (QED) is 0.444. The second-order valence-corrected chi connectivity index (χ2v) is 9.26. The molecular weight excluding hydrogens is 452 g/mol. The van der Waals surface area contributed by atoms with Gasteiger partial charge in [0.2, 0.25) is 5.88 Å². The van der Waals surface area contributed by atoms with Crippen LogP contribution in [-0.4, -0.2) is 68.2 Å². The van der Waals surface area contributed by atoms with Gasteiger partial charge in [-0.05, 0) is 32.0 Å². The standard InChI is InChI=1S/C24H26N6O5/c1-13-11-29(12-14(2)33-13)23-17-9-20(35-19(17)5-6-25-23)18-10-26-21-3-4-22(28-30(18)21)34-16-7-15(8-16)27-24(31)32/h3-6,9-10,13-16,27H,7-8,11-12H2,1-2H3,(H,31,32)/t13-,14+,15?,16?. The minimum Gasteiger partial charge on any atom is -0.473 e. The third-order valence-corrected chi connectivity index (χ3v) is 6.44. The maximum Gasteiger partial charge on any atom is 0.404 e. The van der Waals surface area contributed by atoms with Crippen molar-refractivity contribution in [2.24, 2.45) is 0 Å². The fourth-order valence-electron chi connectivity index (χ4n) is 4.89. The van der Waals surface area contributed by atoms with Crippen molar-refractivity contribution < 1.29 is 23.8 Å². The average molecular weight is 479 g/mol. The van der Waals surface area contributed by atoms with Crippen molar-refractivity contribution >= 4 is 28.5 Å². The number of nitrogens with zero attached hydrogens (tertiary/aromatic N) is 5. The molecule has 11 heteroatoms. The Balaban J connectivity index is 1.28. The van der Waals surface area contributed by atoms with Gasteiger partial charge >= 0.3 is 6.09 Å². The number of pyridine rings is 1. The topological polar surface area (TPSA) is 127 Å². The number of fused-ring (bicyclic) bond motifs is 2. The zero-order valence-electron chi connectivity index (χ0n) is 19.4. The van der Waals surface area contributed by atoms with E-state index < -0.39 is 6.09 Å². The summed E-state index contributed by atoms with van der Waals surface area (Å²) in [5, 5.41) is 16.8. The van der Waals surface area contributed by atoms with Crippen LogP contribution >= 0.6 is 0 Å². The lowest BCUT2D eigenvalue weighted by molar-refractivity contribution is -0.00537. The highest BCUT2D eigenvalue weighted by Gasteiger charge is 2.32. The molecule has 0 aromatic carbocycles. The van der Waals surface area contributed by atoms with Gasteiger partial charge in [0.25, 0.3) is 0 Å². The Morgan fingerprint density at radius 3 is 2.74 bits per heavy atom. The number of nitrogens with one attached hydrogen (secondary N) is 1. The molecule has 0 unspecified atom stereocenters. The number of ether oxygens (including phenoxy) is 2. The van der Waals surface area contributed by atoms with Crippen LogP contribution in [0.3, 0.4) is 0 Å². The van der Waals surface area contributed by atoms with Gasteiger partial charge in [-0.1, -0.05) is 0 Å². The smallest absolute Gasteiger partial charge is 0.404 e. The van der Waals surface area contributed by atoms with E-state index in [-0.39, 0.29) is 24.4 Å². The summed E-state index contributed by atoms with van der Waals surface area (Å²) in [5.41, 5.74) is 2.11. The lowest BCUT2D eigenvalue weighted by Gasteiger charge is -2.36. The van der Waals surface area contributed by atoms with Crippen LogP contribution in [0, 0.1) is 0 Å². The zero-order valence-corrected chi connectivity index (χ0v) is 19.4. The maximum atomic E-state index is 10.8. The molecule has 6 rings (SSSR count). The predicted octanol–water partition coefficient (Wildman–Crippen LogP) is 3.33. The first-order chi connectivity index (χ1) is 16.9. The van der Waals surface area contributed by atoms with Crippen molar-refractivity contribution in [3.63, 3.8) is 0 Å². The summed E-state index contributed by atoms with van der Waals surface area (Å²) in [5.74, 6) is 1.96. The van der Waals surface area contributed by atoms with Crippen molar-refractivity contribution in [2.75, 3.05) is 18.0 Å². The molecule has 0 bridgehead atoms. The molecule has 4 aromatic heterocycles. The number of rotatable bonds is 5. The summed E-state index contributed by atoms with van der Waals surface area (Å²) in [6.45, 7) is 5.66. The number of aromatic nitrogens is 4. The molecular formula is C24H26N6O5. The Kier molecular flexibility index (Phi) is 5.21. The van der Waals surface area contributed by atoms with Crippen molar-refractivity contribution in [2.45, 2.75) is 51.0 Å². The third kappa shape index (κ3) is 4.12. The molecule has 1 saturated carbocycles. The molecule has 5 heterocycles. The molecule has 11 nitrogen and oxygen atoms in total. The first-order valence-electron chi connectivity index (χ1n) is 11.7. The fraction of sp³-hybridized carbons (Fsp3) is 0.417. The van der Waals surface area contributed by atoms with Gasteiger partial charge in [-0.15, -0.1) is 5.10 Å². The summed E-state index contributed by atoms with van der Waals surface area (Å²) in [6.07, 6.45) is 3.86. The van der Waals surface area contributed by atoms with Crippen LogP contribution in [0.1, 0.15) is 26.7 Å². The van der Waals surface area contributed by atoms with Gasteiger partial charge in [0, 0.05) is 44.2 Å². The van der Waals surface area contributed by atoms with Crippen molar-refractivity contribution in [1.82, 2.24) is 24.9 Å². The Bertz CT molecular complexity index is 1380. The van der Waals surface area contributed by atoms with Crippen molar-refractivity contribution in [3.05, 3.63) is 36.7 Å².